The Kier molecular flexibility index (Phi) is 7.32. The van der Waals surface area contributed by atoms with Crippen molar-refractivity contribution in [2.75, 3.05) is 31.2 Å². The third kappa shape index (κ3) is 5.55. The zero-order valence-electron chi connectivity index (χ0n) is 17.4. The van der Waals surface area contributed by atoms with E-state index in [4.69, 9.17) is 26.8 Å². The number of primary amides is 1. The number of benzene rings is 2. The van der Waals surface area contributed by atoms with Gasteiger partial charge in [0.1, 0.15) is 25.5 Å². The molecule has 0 bridgehead atoms. The monoisotopic (exact) mass is 459 g/mol. The Morgan fingerprint density at radius 1 is 1.09 bits per heavy atom. The van der Waals surface area contributed by atoms with E-state index in [1.807, 2.05) is 0 Å². The van der Waals surface area contributed by atoms with E-state index in [0.29, 0.717) is 17.0 Å². The van der Waals surface area contributed by atoms with Crippen LogP contribution < -0.4 is 15.4 Å². The number of hydrogen-bond donors (Lipinski definition) is 1. The number of para-hydroxylation sites is 1. The summed E-state index contributed by atoms with van der Waals surface area (Å²) in [5.41, 5.74) is 6.71. The van der Waals surface area contributed by atoms with Crippen molar-refractivity contribution in [1.82, 2.24) is 4.90 Å². The first kappa shape index (κ1) is 23.1. The van der Waals surface area contributed by atoms with Crippen LogP contribution in [0.4, 0.5) is 5.69 Å². The van der Waals surface area contributed by atoms with E-state index < -0.39 is 23.7 Å². The third-order valence-electron chi connectivity index (χ3n) is 4.71. The van der Waals surface area contributed by atoms with Crippen molar-refractivity contribution in [2.45, 2.75) is 13.5 Å². The summed E-state index contributed by atoms with van der Waals surface area (Å²) in [4.78, 5) is 50.9. The molecule has 0 aromatic heterocycles. The number of halogens is 1. The van der Waals surface area contributed by atoms with Crippen molar-refractivity contribution < 1.29 is 28.7 Å². The molecule has 1 heterocycles. The Labute approximate surface area is 189 Å². The maximum absolute atomic E-state index is 13.3. The molecule has 10 heteroatoms. The molecule has 2 N–H and O–H groups in total. The minimum absolute atomic E-state index is 0.0854. The molecule has 168 valence electrons. The van der Waals surface area contributed by atoms with Crippen LogP contribution in [0.3, 0.4) is 0 Å². The van der Waals surface area contributed by atoms with Crippen molar-refractivity contribution in [1.29, 1.82) is 0 Å². The van der Waals surface area contributed by atoms with Gasteiger partial charge in [0.05, 0.1) is 17.1 Å². The first-order valence-corrected chi connectivity index (χ1v) is 10.2. The van der Waals surface area contributed by atoms with Crippen molar-refractivity contribution in [3.05, 3.63) is 58.6 Å². The fourth-order valence-corrected chi connectivity index (χ4v) is 3.54. The SMILES string of the molecule is CC(=O)OCCOc1ccc(C(=O)N2CC(=O)N(CC(N)=O)Cc3ccccc32)c(Cl)c1. The van der Waals surface area contributed by atoms with Gasteiger partial charge in [-0.05, 0) is 29.8 Å². The zero-order chi connectivity index (χ0) is 23.3. The van der Waals surface area contributed by atoms with Gasteiger partial charge in [-0.3, -0.25) is 24.1 Å². The molecule has 0 unspecified atom stereocenters. The average molecular weight is 460 g/mol. The second-order valence-electron chi connectivity index (χ2n) is 7.07. The minimum atomic E-state index is -0.636. The maximum Gasteiger partial charge on any atom is 0.302 e. The number of rotatable bonds is 7. The van der Waals surface area contributed by atoms with Gasteiger partial charge in [-0.25, -0.2) is 0 Å². The van der Waals surface area contributed by atoms with Crippen LogP contribution in [0.5, 0.6) is 5.75 Å². The Balaban J connectivity index is 1.82. The molecule has 1 aliphatic heterocycles. The Hall–Kier alpha value is -3.59. The fraction of sp³-hybridized carbons (Fsp3) is 0.273. The first-order valence-electron chi connectivity index (χ1n) is 9.78. The summed E-state index contributed by atoms with van der Waals surface area (Å²) in [5, 5.41) is 0.142. The second-order valence-corrected chi connectivity index (χ2v) is 7.47. The van der Waals surface area contributed by atoms with Crippen LogP contribution in [0, 0.1) is 0 Å². The van der Waals surface area contributed by atoms with Crippen molar-refractivity contribution >= 4 is 41.0 Å². The number of amides is 3. The molecule has 2 aromatic rings. The molecule has 9 nitrogen and oxygen atoms in total. The van der Waals surface area contributed by atoms with Crippen LogP contribution in [-0.2, 0) is 25.7 Å². The molecule has 0 aliphatic carbocycles. The van der Waals surface area contributed by atoms with E-state index in [0.717, 1.165) is 0 Å². The molecule has 3 rings (SSSR count). The van der Waals surface area contributed by atoms with Gasteiger partial charge in [-0.1, -0.05) is 29.8 Å². The lowest BCUT2D eigenvalue weighted by Gasteiger charge is -2.23. The van der Waals surface area contributed by atoms with E-state index >= 15 is 0 Å². The second kappa shape index (κ2) is 10.1. The topological polar surface area (TPSA) is 119 Å². The van der Waals surface area contributed by atoms with Crippen molar-refractivity contribution in [3.63, 3.8) is 0 Å². The van der Waals surface area contributed by atoms with Gasteiger partial charge < -0.3 is 20.1 Å². The number of carbonyl (C=O) groups is 4. The quantitative estimate of drug-likeness (QED) is 0.497. The van der Waals surface area contributed by atoms with Crippen molar-refractivity contribution in [3.8, 4) is 5.75 Å². The number of nitrogens with two attached hydrogens (primary N) is 1. The number of fused-ring (bicyclic) bond motifs is 1. The van der Waals surface area contributed by atoms with Crippen molar-refractivity contribution in [2.24, 2.45) is 5.73 Å². The number of carbonyl (C=O) groups excluding carboxylic acids is 4. The highest BCUT2D eigenvalue weighted by atomic mass is 35.5. The molecule has 0 atom stereocenters. The third-order valence-corrected chi connectivity index (χ3v) is 5.02. The predicted molar refractivity (Wildman–Crippen MR) is 116 cm³/mol. The summed E-state index contributed by atoms with van der Waals surface area (Å²) in [6.07, 6.45) is 0. The van der Waals surface area contributed by atoms with Gasteiger partial charge in [0.2, 0.25) is 11.8 Å². The molecule has 0 saturated carbocycles. The smallest absolute Gasteiger partial charge is 0.302 e. The molecule has 0 radical (unpaired) electrons. The number of hydrogen-bond acceptors (Lipinski definition) is 6. The molecule has 32 heavy (non-hydrogen) atoms. The number of anilines is 1. The van der Waals surface area contributed by atoms with Crippen LogP contribution >= 0.6 is 11.6 Å². The lowest BCUT2D eigenvalue weighted by Crippen LogP contribution is -2.43. The van der Waals surface area contributed by atoms with Crippen LogP contribution in [0.2, 0.25) is 5.02 Å². The standard InChI is InChI=1S/C22H22ClN3O6/c1-14(27)31-8-9-32-16-6-7-17(18(23)10-16)22(30)26-13-21(29)25(12-20(24)28)11-15-4-2-3-5-19(15)26/h2-7,10H,8-9,11-13H2,1H3,(H2,24,28). The largest absolute Gasteiger partial charge is 0.490 e. The van der Waals surface area contributed by atoms with Crippen LogP contribution in [0.15, 0.2) is 42.5 Å². The summed E-state index contributed by atoms with van der Waals surface area (Å²) in [7, 11) is 0. The average Bonchev–Trinajstić information content (AvgIpc) is 2.87. The molecule has 3 amide bonds. The van der Waals surface area contributed by atoms with Gasteiger partial charge >= 0.3 is 5.97 Å². The zero-order valence-corrected chi connectivity index (χ0v) is 18.1. The van der Waals surface area contributed by atoms with Crippen LogP contribution in [-0.4, -0.2) is 54.9 Å². The Bertz CT molecular complexity index is 1060. The summed E-state index contributed by atoms with van der Waals surface area (Å²) in [6.45, 7) is 1.17. The number of nitrogens with zero attached hydrogens (tertiary/aromatic N) is 2. The normalized spacial score (nSPS) is 13.2. The molecule has 0 spiro atoms. The van der Waals surface area contributed by atoms with Crippen LogP contribution in [0.25, 0.3) is 0 Å². The summed E-state index contributed by atoms with van der Waals surface area (Å²) in [5.74, 6) is -1.52. The summed E-state index contributed by atoms with van der Waals surface area (Å²) < 4.78 is 10.3. The van der Waals surface area contributed by atoms with E-state index in [1.54, 1.807) is 30.3 Å². The van der Waals surface area contributed by atoms with Gasteiger partial charge in [-0.2, -0.15) is 0 Å². The molecule has 1 aliphatic rings. The molecule has 2 aromatic carbocycles. The molecule has 0 saturated heterocycles. The van der Waals surface area contributed by atoms with E-state index in [2.05, 4.69) is 0 Å². The highest BCUT2D eigenvalue weighted by molar-refractivity contribution is 6.34. The van der Waals surface area contributed by atoms with Gasteiger partial charge in [0, 0.05) is 19.2 Å². The lowest BCUT2D eigenvalue weighted by molar-refractivity contribution is -0.141. The highest BCUT2D eigenvalue weighted by Crippen LogP contribution is 2.30. The predicted octanol–water partition coefficient (Wildman–Crippen LogP) is 1.76. The lowest BCUT2D eigenvalue weighted by atomic mass is 10.1. The number of ether oxygens (including phenoxy) is 2. The minimum Gasteiger partial charge on any atom is -0.490 e. The summed E-state index contributed by atoms with van der Waals surface area (Å²) in [6, 6.07) is 11.6. The van der Waals surface area contributed by atoms with E-state index in [1.165, 1.54) is 28.9 Å². The van der Waals surface area contributed by atoms with Gasteiger partial charge in [0.15, 0.2) is 0 Å². The first-order chi connectivity index (χ1) is 15.3. The fourth-order valence-electron chi connectivity index (χ4n) is 3.28. The highest BCUT2D eigenvalue weighted by Gasteiger charge is 2.31. The van der Waals surface area contributed by atoms with E-state index in [-0.39, 0.29) is 43.4 Å². The molecular weight excluding hydrogens is 438 g/mol. The van der Waals surface area contributed by atoms with E-state index in [9.17, 15) is 19.2 Å². The summed E-state index contributed by atoms with van der Waals surface area (Å²) >= 11 is 6.34. The Morgan fingerprint density at radius 3 is 2.53 bits per heavy atom. The van der Waals surface area contributed by atoms with Gasteiger partial charge in [-0.15, -0.1) is 0 Å². The van der Waals surface area contributed by atoms with Gasteiger partial charge in [0.25, 0.3) is 5.91 Å². The van der Waals surface area contributed by atoms with Crippen LogP contribution in [0.1, 0.15) is 22.8 Å². The molecular formula is C22H22ClN3O6. The molecule has 0 fully saturated rings. The maximum atomic E-state index is 13.3. The Morgan fingerprint density at radius 2 is 1.84 bits per heavy atom. The number of esters is 1.